The van der Waals surface area contributed by atoms with Crippen LogP contribution in [0, 0.1) is 0 Å². The Hall–Kier alpha value is -2.21. The largest absolute Gasteiger partial charge is 0.496 e. The highest BCUT2D eigenvalue weighted by molar-refractivity contribution is 5.89. The maximum Gasteiger partial charge on any atom is 0.250 e. The van der Waals surface area contributed by atoms with E-state index in [9.17, 15) is 4.79 Å². The fraction of sp³-hybridized carbons (Fsp3) is 0.182. The number of rotatable bonds is 2. The Morgan fingerprint density at radius 3 is 2.65 bits per heavy atom. The predicted octanol–water partition coefficient (Wildman–Crippen LogP) is -0.716. The first-order valence-electron chi connectivity index (χ1n) is 5.05. The van der Waals surface area contributed by atoms with Crippen LogP contribution < -0.4 is 26.8 Å². The number of amides is 1. The Morgan fingerprint density at radius 1 is 1.29 bits per heavy atom. The standard InChI is InChI=1S/C11H14N4O2/c1-17-8-5-3-2-4-7(8)11(13)14-9(12)6-10(16)15-11/h2-6,14H,12-13H2,1H3,(H,15,16). The molecule has 0 fully saturated rings. The van der Waals surface area contributed by atoms with Crippen molar-refractivity contribution in [3.05, 3.63) is 41.7 Å². The second kappa shape index (κ2) is 3.99. The Morgan fingerprint density at radius 2 is 2.00 bits per heavy atom. The number of carbonyl (C=O) groups excluding carboxylic acids is 1. The second-order valence-corrected chi connectivity index (χ2v) is 3.72. The summed E-state index contributed by atoms with van der Waals surface area (Å²) in [6.07, 6.45) is 1.24. The Kier molecular flexibility index (Phi) is 2.64. The molecule has 17 heavy (non-hydrogen) atoms. The van der Waals surface area contributed by atoms with E-state index in [4.69, 9.17) is 16.2 Å². The number of para-hydroxylation sites is 1. The SMILES string of the molecule is COc1ccccc1C1(N)NC(=O)C=C(N)N1. The topological polar surface area (TPSA) is 102 Å². The first-order chi connectivity index (χ1) is 8.05. The first kappa shape index (κ1) is 11.3. The van der Waals surface area contributed by atoms with Crippen LogP contribution in [0.2, 0.25) is 0 Å². The van der Waals surface area contributed by atoms with Crippen LogP contribution in [0.1, 0.15) is 5.56 Å². The van der Waals surface area contributed by atoms with Crippen LogP contribution in [0.25, 0.3) is 0 Å². The lowest BCUT2D eigenvalue weighted by Gasteiger charge is -2.36. The lowest BCUT2D eigenvalue weighted by atomic mass is 10.1. The van der Waals surface area contributed by atoms with Gasteiger partial charge in [-0.2, -0.15) is 0 Å². The number of ether oxygens (including phenoxy) is 1. The summed E-state index contributed by atoms with van der Waals surface area (Å²) < 4.78 is 5.20. The number of hydrogen-bond donors (Lipinski definition) is 4. The summed E-state index contributed by atoms with van der Waals surface area (Å²) in [5, 5.41) is 5.42. The number of methoxy groups -OCH3 is 1. The summed E-state index contributed by atoms with van der Waals surface area (Å²) in [4.78, 5) is 11.4. The van der Waals surface area contributed by atoms with Crippen LogP contribution >= 0.6 is 0 Å². The summed E-state index contributed by atoms with van der Waals surface area (Å²) in [6, 6.07) is 7.13. The van der Waals surface area contributed by atoms with Gasteiger partial charge in [-0.05, 0) is 12.1 Å². The Balaban J connectivity index is 2.45. The molecule has 1 amide bonds. The molecule has 0 spiro atoms. The van der Waals surface area contributed by atoms with E-state index < -0.39 is 5.79 Å². The molecule has 1 aliphatic heterocycles. The van der Waals surface area contributed by atoms with Crippen LogP contribution in [0.5, 0.6) is 5.75 Å². The third-order valence-corrected chi connectivity index (χ3v) is 2.48. The zero-order valence-electron chi connectivity index (χ0n) is 9.36. The van der Waals surface area contributed by atoms with Gasteiger partial charge < -0.3 is 21.1 Å². The average molecular weight is 234 g/mol. The minimum Gasteiger partial charge on any atom is -0.496 e. The summed E-state index contributed by atoms with van der Waals surface area (Å²) in [5.74, 6) is -0.836. The smallest absolute Gasteiger partial charge is 0.250 e. The van der Waals surface area contributed by atoms with E-state index in [1.807, 2.05) is 6.07 Å². The van der Waals surface area contributed by atoms with Crippen molar-refractivity contribution in [3.8, 4) is 5.75 Å². The molecule has 1 atom stereocenters. The zero-order chi connectivity index (χ0) is 12.5. The lowest BCUT2D eigenvalue weighted by molar-refractivity contribution is -0.119. The van der Waals surface area contributed by atoms with Crippen LogP contribution in [0.4, 0.5) is 0 Å². The third kappa shape index (κ3) is 2.02. The maximum absolute atomic E-state index is 11.4. The van der Waals surface area contributed by atoms with E-state index >= 15 is 0 Å². The van der Waals surface area contributed by atoms with E-state index in [0.717, 1.165) is 0 Å². The van der Waals surface area contributed by atoms with E-state index in [1.54, 1.807) is 18.2 Å². The van der Waals surface area contributed by atoms with E-state index in [2.05, 4.69) is 10.6 Å². The monoisotopic (exact) mass is 234 g/mol. The molecule has 1 aromatic carbocycles. The van der Waals surface area contributed by atoms with Gasteiger partial charge >= 0.3 is 0 Å². The first-order valence-corrected chi connectivity index (χ1v) is 5.05. The lowest BCUT2D eigenvalue weighted by Crippen LogP contribution is -2.65. The van der Waals surface area contributed by atoms with Crippen molar-refractivity contribution in [1.82, 2.24) is 10.6 Å². The van der Waals surface area contributed by atoms with Crippen molar-refractivity contribution in [2.24, 2.45) is 11.5 Å². The predicted molar refractivity (Wildman–Crippen MR) is 62.4 cm³/mol. The highest BCUT2D eigenvalue weighted by Crippen LogP contribution is 2.25. The van der Waals surface area contributed by atoms with Crippen LogP contribution in [0.3, 0.4) is 0 Å². The molecule has 0 aromatic heterocycles. The Bertz CT molecular complexity index is 486. The minimum atomic E-state index is -1.26. The number of benzene rings is 1. The molecule has 6 N–H and O–H groups in total. The van der Waals surface area contributed by atoms with Gasteiger partial charge in [-0.15, -0.1) is 0 Å². The van der Waals surface area contributed by atoms with Gasteiger partial charge in [-0.25, -0.2) is 0 Å². The summed E-state index contributed by atoms with van der Waals surface area (Å²) >= 11 is 0. The highest BCUT2D eigenvalue weighted by atomic mass is 16.5. The molecule has 1 aliphatic rings. The van der Waals surface area contributed by atoms with Gasteiger partial charge in [-0.3, -0.25) is 10.5 Å². The molecule has 6 nitrogen and oxygen atoms in total. The molecule has 6 heteroatoms. The average Bonchev–Trinajstić information content (AvgIpc) is 2.27. The van der Waals surface area contributed by atoms with Crippen LogP contribution in [-0.2, 0) is 10.6 Å². The number of carbonyl (C=O) groups is 1. The molecule has 0 bridgehead atoms. The van der Waals surface area contributed by atoms with Crippen LogP contribution in [-0.4, -0.2) is 13.0 Å². The van der Waals surface area contributed by atoms with Gasteiger partial charge in [0, 0.05) is 6.08 Å². The molecule has 0 aliphatic carbocycles. The molecule has 2 rings (SSSR count). The van der Waals surface area contributed by atoms with E-state index in [1.165, 1.54) is 13.2 Å². The molecule has 0 radical (unpaired) electrons. The molecular weight excluding hydrogens is 220 g/mol. The molecule has 1 unspecified atom stereocenters. The molecule has 90 valence electrons. The molecule has 1 aromatic rings. The van der Waals surface area contributed by atoms with Gasteiger partial charge in [0.25, 0.3) is 5.91 Å². The van der Waals surface area contributed by atoms with Gasteiger partial charge in [0.1, 0.15) is 11.6 Å². The molecule has 0 saturated heterocycles. The second-order valence-electron chi connectivity index (χ2n) is 3.72. The quantitative estimate of drug-likeness (QED) is 0.541. The molecule has 1 heterocycles. The molecular formula is C11H14N4O2. The maximum atomic E-state index is 11.4. The van der Waals surface area contributed by atoms with Gasteiger partial charge in [0.2, 0.25) is 0 Å². The minimum absolute atomic E-state index is 0.210. The summed E-state index contributed by atoms with van der Waals surface area (Å²) in [5.41, 5.74) is 12.3. The van der Waals surface area contributed by atoms with Crippen molar-refractivity contribution in [3.63, 3.8) is 0 Å². The summed E-state index contributed by atoms with van der Waals surface area (Å²) in [7, 11) is 1.53. The van der Waals surface area contributed by atoms with Crippen molar-refractivity contribution in [1.29, 1.82) is 0 Å². The van der Waals surface area contributed by atoms with Gasteiger partial charge in [-0.1, -0.05) is 12.1 Å². The van der Waals surface area contributed by atoms with Crippen molar-refractivity contribution in [2.45, 2.75) is 5.79 Å². The van der Waals surface area contributed by atoms with Gasteiger partial charge in [0.05, 0.1) is 12.7 Å². The van der Waals surface area contributed by atoms with Crippen LogP contribution in [0.15, 0.2) is 36.2 Å². The number of hydrogen-bond acceptors (Lipinski definition) is 5. The van der Waals surface area contributed by atoms with Crippen molar-refractivity contribution < 1.29 is 9.53 Å². The molecule has 0 saturated carbocycles. The van der Waals surface area contributed by atoms with Crippen molar-refractivity contribution >= 4 is 5.91 Å². The fourth-order valence-corrected chi connectivity index (χ4v) is 1.77. The normalized spacial score (nSPS) is 23.4. The Labute approximate surface area is 98.6 Å². The zero-order valence-corrected chi connectivity index (χ0v) is 9.36. The summed E-state index contributed by atoms with van der Waals surface area (Å²) in [6.45, 7) is 0. The van der Waals surface area contributed by atoms with Gasteiger partial charge in [0.15, 0.2) is 5.79 Å². The fourth-order valence-electron chi connectivity index (χ4n) is 1.77. The van der Waals surface area contributed by atoms with Crippen molar-refractivity contribution in [2.75, 3.05) is 7.11 Å². The third-order valence-electron chi connectivity index (χ3n) is 2.48. The van der Waals surface area contributed by atoms with E-state index in [-0.39, 0.29) is 11.7 Å². The number of nitrogens with two attached hydrogens (primary N) is 2. The number of nitrogens with one attached hydrogen (secondary N) is 2. The van der Waals surface area contributed by atoms with E-state index in [0.29, 0.717) is 11.3 Å². The highest BCUT2D eigenvalue weighted by Gasteiger charge is 2.34.